The first-order valence-electron chi connectivity index (χ1n) is 5.27. The number of tetrazole rings is 1. The van der Waals surface area contributed by atoms with Crippen molar-refractivity contribution in [2.24, 2.45) is 0 Å². The van der Waals surface area contributed by atoms with Gasteiger partial charge < -0.3 is 4.74 Å². The molecule has 1 heterocycles. The minimum absolute atomic E-state index is 0.329. The number of methoxy groups -OCH3 is 1. The van der Waals surface area contributed by atoms with E-state index in [4.69, 9.17) is 16.3 Å². The van der Waals surface area contributed by atoms with Crippen molar-refractivity contribution >= 4 is 11.6 Å². The third-order valence-corrected chi connectivity index (χ3v) is 2.74. The Morgan fingerprint density at radius 3 is 2.71 bits per heavy atom. The van der Waals surface area contributed by atoms with E-state index >= 15 is 0 Å². The maximum atomic E-state index is 5.71. The van der Waals surface area contributed by atoms with Gasteiger partial charge in [0, 0.05) is 6.54 Å². The number of alkyl halides is 1. The van der Waals surface area contributed by atoms with Gasteiger partial charge in [-0.3, -0.25) is 0 Å². The maximum Gasteiger partial charge on any atom is 0.166 e. The molecule has 90 valence electrons. The van der Waals surface area contributed by atoms with Gasteiger partial charge in [-0.15, -0.1) is 16.7 Å². The molecule has 5 nitrogen and oxygen atoms in total. The van der Waals surface area contributed by atoms with Crippen LogP contribution < -0.4 is 4.74 Å². The second-order valence-electron chi connectivity index (χ2n) is 3.55. The summed E-state index contributed by atoms with van der Waals surface area (Å²) in [5, 5.41) is 11.3. The van der Waals surface area contributed by atoms with Gasteiger partial charge in [-0.1, -0.05) is 12.1 Å². The summed E-state index contributed by atoms with van der Waals surface area (Å²) in [6.45, 7) is 0.724. The Kier molecular flexibility index (Phi) is 3.93. The minimum Gasteiger partial charge on any atom is -0.497 e. The Hall–Kier alpha value is -1.62. The van der Waals surface area contributed by atoms with Crippen molar-refractivity contribution in [3.05, 3.63) is 35.7 Å². The van der Waals surface area contributed by atoms with Crippen LogP contribution >= 0.6 is 11.6 Å². The predicted molar refractivity (Wildman–Crippen MR) is 64.1 cm³/mol. The van der Waals surface area contributed by atoms with Crippen LogP contribution in [0.25, 0.3) is 0 Å². The Morgan fingerprint density at radius 2 is 2.06 bits per heavy atom. The van der Waals surface area contributed by atoms with Gasteiger partial charge in [0.2, 0.25) is 0 Å². The average Bonchev–Trinajstić information content (AvgIpc) is 2.84. The van der Waals surface area contributed by atoms with Gasteiger partial charge in [-0.05, 0) is 34.5 Å². The smallest absolute Gasteiger partial charge is 0.166 e. The molecule has 1 aromatic carbocycles. The van der Waals surface area contributed by atoms with E-state index in [1.165, 1.54) is 5.56 Å². The zero-order valence-corrected chi connectivity index (χ0v) is 10.3. The highest BCUT2D eigenvalue weighted by Crippen LogP contribution is 2.12. The van der Waals surface area contributed by atoms with Crippen molar-refractivity contribution in [3.8, 4) is 5.75 Å². The molecule has 2 rings (SSSR count). The van der Waals surface area contributed by atoms with Crippen LogP contribution in [0.3, 0.4) is 0 Å². The van der Waals surface area contributed by atoms with Crippen LogP contribution in [0.4, 0.5) is 0 Å². The van der Waals surface area contributed by atoms with Crippen molar-refractivity contribution < 1.29 is 4.74 Å². The fourth-order valence-corrected chi connectivity index (χ4v) is 1.71. The summed E-state index contributed by atoms with van der Waals surface area (Å²) in [4.78, 5) is 0. The summed E-state index contributed by atoms with van der Waals surface area (Å²) in [5.74, 6) is 1.88. The summed E-state index contributed by atoms with van der Waals surface area (Å²) < 4.78 is 6.82. The quantitative estimate of drug-likeness (QED) is 0.760. The van der Waals surface area contributed by atoms with Crippen LogP contribution in [0.2, 0.25) is 0 Å². The number of hydrogen-bond donors (Lipinski definition) is 0. The Morgan fingerprint density at radius 1 is 1.29 bits per heavy atom. The normalized spacial score (nSPS) is 10.5. The second-order valence-corrected chi connectivity index (χ2v) is 3.82. The number of rotatable bonds is 5. The van der Waals surface area contributed by atoms with Crippen LogP contribution in [-0.2, 0) is 18.8 Å². The van der Waals surface area contributed by atoms with Crippen molar-refractivity contribution in [2.45, 2.75) is 18.8 Å². The molecule has 0 spiro atoms. The lowest BCUT2D eigenvalue weighted by molar-refractivity contribution is 0.414. The van der Waals surface area contributed by atoms with E-state index < -0.39 is 0 Å². The molecule has 0 aliphatic heterocycles. The van der Waals surface area contributed by atoms with Crippen LogP contribution in [0.15, 0.2) is 24.3 Å². The topological polar surface area (TPSA) is 52.8 Å². The molecule has 17 heavy (non-hydrogen) atoms. The molecule has 0 saturated heterocycles. The molecule has 0 unspecified atom stereocenters. The number of benzene rings is 1. The fraction of sp³-hybridized carbons (Fsp3) is 0.364. The molecular formula is C11H13ClN4O. The molecule has 0 atom stereocenters. The maximum absolute atomic E-state index is 5.71. The van der Waals surface area contributed by atoms with Crippen molar-refractivity contribution in [3.63, 3.8) is 0 Å². The molecule has 1 aromatic heterocycles. The minimum atomic E-state index is 0.329. The zero-order chi connectivity index (χ0) is 12.1. The molecule has 0 aliphatic carbocycles. The lowest BCUT2D eigenvalue weighted by Gasteiger charge is -2.04. The predicted octanol–water partition coefficient (Wildman–Crippen LogP) is 1.66. The third-order valence-electron chi connectivity index (χ3n) is 2.50. The van der Waals surface area contributed by atoms with E-state index in [9.17, 15) is 0 Å². The summed E-state index contributed by atoms with van der Waals surface area (Å²) in [6.07, 6.45) is 0.860. The van der Waals surface area contributed by atoms with Crippen molar-refractivity contribution in [1.82, 2.24) is 20.2 Å². The van der Waals surface area contributed by atoms with Crippen molar-refractivity contribution in [1.29, 1.82) is 0 Å². The Labute approximate surface area is 104 Å². The lowest BCUT2D eigenvalue weighted by Crippen LogP contribution is -2.07. The van der Waals surface area contributed by atoms with E-state index in [0.29, 0.717) is 11.7 Å². The summed E-state index contributed by atoms with van der Waals surface area (Å²) in [7, 11) is 1.66. The van der Waals surface area contributed by atoms with Gasteiger partial charge in [0.15, 0.2) is 5.82 Å². The Balaban J connectivity index is 1.97. The second kappa shape index (κ2) is 5.63. The standard InChI is InChI=1S/C11H13ClN4O/c1-17-10-4-2-9(3-5-10)6-7-16-11(8-12)13-14-15-16/h2-5H,6-8H2,1H3. The summed E-state index contributed by atoms with van der Waals surface area (Å²) in [6, 6.07) is 7.95. The highest BCUT2D eigenvalue weighted by molar-refractivity contribution is 6.16. The van der Waals surface area contributed by atoms with E-state index in [0.717, 1.165) is 18.7 Å². The summed E-state index contributed by atoms with van der Waals surface area (Å²) >= 11 is 5.71. The van der Waals surface area contributed by atoms with Crippen LogP contribution in [-0.4, -0.2) is 27.3 Å². The van der Waals surface area contributed by atoms with Gasteiger partial charge in [-0.25, -0.2) is 4.68 Å². The van der Waals surface area contributed by atoms with E-state index in [2.05, 4.69) is 15.5 Å². The number of aromatic nitrogens is 4. The van der Waals surface area contributed by atoms with Crippen molar-refractivity contribution in [2.75, 3.05) is 7.11 Å². The summed E-state index contributed by atoms with van der Waals surface area (Å²) in [5.41, 5.74) is 1.21. The molecule has 2 aromatic rings. The molecule has 0 amide bonds. The number of ether oxygens (including phenoxy) is 1. The van der Waals surface area contributed by atoms with Gasteiger partial charge in [0.25, 0.3) is 0 Å². The Bertz CT molecular complexity index is 469. The van der Waals surface area contributed by atoms with E-state index in [1.807, 2.05) is 24.3 Å². The van der Waals surface area contributed by atoms with Gasteiger partial charge in [0.05, 0.1) is 13.0 Å². The van der Waals surface area contributed by atoms with Crippen LogP contribution in [0.5, 0.6) is 5.75 Å². The highest BCUT2D eigenvalue weighted by atomic mass is 35.5. The molecule has 0 bridgehead atoms. The van der Waals surface area contributed by atoms with E-state index in [1.54, 1.807) is 11.8 Å². The van der Waals surface area contributed by atoms with E-state index in [-0.39, 0.29) is 0 Å². The lowest BCUT2D eigenvalue weighted by atomic mass is 10.1. The largest absolute Gasteiger partial charge is 0.497 e. The highest BCUT2D eigenvalue weighted by Gasteiger charge is 2.04. The number of hydrogen-bond acceptors (Lipinski definition) is 4. The van der Waals surface area contributed by atoms with Gasteiger partial charge in [0.1, 0.15) is 5.75 Å². The number of nitrogens with zero attached hydrogens (tertiary/aromatic N) is 4. The molecule has 0 aliphatic rings. The third kappa shape index (κ3) is 2.94. The first-order chi connectivity index (χ1) is 8.33. The molecule has 0 fully saturated rings. The molecule has 0 saturated carbocycles. The SMILES string of the molecule is COc1ccc(CCn2nnnc2CCl)cc1. The van der Waals surface area contributed by atoms with Crippen LogP contribution in [0, 0.1) is 0 Å². The zero-order valence-electron chi connectivity index (χ0n) is 9.51. The fourth-order valence-electron chi connectivity index (χ4n) is 1.52. The van der Waals surface area contributed by atoms with Gasteiger partial charge >= 0.3 is 0 Å². The molecular weight excluding hydrogens is 240 g/mol. The molecule has 0 radical (unpaired) electrons. The van der Waals surface area contributed by atoms with Gasteiger partial charge in [-0.2, -0.15) is 0 Å². The number of halogens is 1. The number of aryl methyl sites for hydroxylation is 2. The first kappa shape index (κ1) is 11.9. The monoisotopic (exact) mass is 252 g/mol. The molecule has 0 N–H and O–H groups in total. The first-order valence-corrected chi connectivity index (χ1v) is 5.81. The molecule has 6 heteroatoms. The average molecular weight is 253 g/mol. The van der Waals surface area contributed by atoms with Crippen LogP contribution in [0.1, 0.15) is 11.4 Å².